The van der Waals surface area contributed by atoms with Crippen LogP contribution in [-0.2, 0) is 15.8 Å². The lowest BCUT2D eigenvalue weighted by atomic mass is 9.62. The molecule has 6 nitrogen and oxygen atoms in total. The van der Waals surface area contributed by atoms with Gasteiger partial charge in [-0.05, 0) is 18.3 Å². The van der Waals surface area contributed by atoms with Crippen molar-refractivity contribution in [3.05, 3.63) is 5.82 Å². The molecule has 1 aromatic heterocycles. The number of hydrogen-bond acceptors (Lipinski definition) is 4. The van der Waals surface area contributed by atoms with Gasteiger partial charge in [0.25, 0.3) is 5.95 Å². The number of alkyl halides is 3. The van der Waals surface area contributed by atoms with Crippen molar-refractivity contribution in [2.45, 2.75) is 39.8 Å². The molecule has 0 radical (unpaired) electrons. The van der Waals surface area contributed by atoms with Crippen molar-refractivity contribution < 1.29 is 22.8 Å². The lowest BCUT2D eigenvalue weighted by Crippen LogP contribution is -2.59. The third-order valence-electron chi connectivity index (χ3n) is 5.36. The molecule has 0 aromatic carbocycles. The van der Waals surface area contributed by atoms with Crippen LogP contribution in [0.4, 0.5) is 19.1 Å². The van der Waals surface area contributed by atoms with Crippen LogP contribution in [0.1, 0.15) is 39.4 Å². The molecule has 2 fully saturated rings. The van der Waals surface area contributed by atoms with Gasteiger partial charge >= 0.3 is 6.18 Å². The Balaban J connectivity index is 2.05. The van der Waals surface area contributed by atoms with E-state index in [1.807, 2.05) is 13.8 Å². The highest BCUT2D eigenvalue weighted by molar-refractivity contribution is 6.19. The topological polar surface area (TPSA) is 79.0 Å². The molecule has 2 bridgehead atoms. The van der Waals surface area contributed by atoms with E-state index in [0.717, 1.165) is 0 Å². The maximum Gasteiger partial charge on any atom is 0.451 e. The lowest BCUT2D eigenvalue weighted by molar-refractivity contribution is -0.147. The predicted octanol–water partition coefficient (Wildman–Crippen LogP) is 2.14. The van der Waals surface area contributed by atoms with Gasteiger partial charge in [0.05, 0.1) is 5.41 Å². The monoisotopic (exact) mass is 316 g/mol. The number of carbonyl (C=O) groups is 2. The number of rotatable bonds is 1. The Labute approximate surface area is 124 Å². The molecule has 120 valence electrons. The fourth-order valence-electron chi connectivity index (χ4n) is 3.49. The van der Waals surface area contributed by atoms with Gasteiger partial charge in [-0.15, -0.1) is 5.10 Å². The Morgan fingerprint density at radius 3 is 2.45 bits per heavy atom. The van der Waals surface area contributed by atoms with Gasteiger partial charge in [-0.1, -0.05) is 20.8 Å². The second-order valence-electron chi connectivity index (χ2n) is 6.61. The van der Waals surface area contributed by atoms with Crippen LogP contribution in [0.3, 0.4) is 0 Å². The van der Waals surface area contributed by atoms with Crippen molar-refractivity contribution in [2.24, 2.45) is 16.7 Å². The quantitative estimate of drug-likeness (QED) is 0.805. The van der Waals surface area contributed by atoms with Crippen LogP contribution < -0.4 is 4.90 Å². The van der Waals surface area contributed by atoms with Crippen LogP contribution in [0, 0.1) is 16.7 Å². The molecule has 2 amide bonds. The van der Waals surface area contributed by atoms with E-state index < -0.39 is 46.5 Å². The van der Waals surface area contributed by atoms with Gasteiger partial charge in [0.2, 0.25) is 17.6 Å². The molecule has 1 aliphatic carbocycles. The first-order chi connectivity index (χ1) is 10.00. The minimum atomic E-state index is -4.71. The molecule has 0 unspecified atom stereocenters. The van der Waals surface area contributed by atoms with E-state index in [4.69, 9.17) is 0 Å². The Hall–Kier alpha value is -1.93. The normalized spacial score (nSPS) is 31.0. The fourth-order valence-corrected chi connectivity index (χ4v) is 3.49. The summed E-state index contributed by atoms with van der Waals surface area (Å²) in [5, 5.41) is 5.15. The van der Waals surface area contributed by atoms with Gasteiger partial charge in [0.1, 0.15) is 0 Å². The molecule has 1 aromatic rings. The van der Waals surface area contributed by atoms with Crippen LogP contribution in [0.15, 0.2) is 0 Å². The van der Waals surface area contributed by atoms with E-state index in [2.05, 4.69) is 10.1 Å². The third kappa shape index (κ3) is 1.67. The van der Waals surface area contributed by atoms with Gasteiger partial charge in [-0.3, -0.25) is 14.7 Å². The smallest absolute Gasteiger partial charge is 0.274 e. The molecule has 2 aliphatic rings. The highest BCUT2D eigenvalue weighted by atomic mass is 19.4. The number of imide groups is 1. The van der Waals surface area contributed by atoms with Crippen LogP contribution >= 0.6 is 0 Å². The highest BCUT2D eigenvalue weighted by Crippen LogP contribution is 2.60. The van der Waals surface area contributed by atoms with Gasteiger partial charge < -0.3 is 0 Å². The molecular formula is C13H15F3N4O2. The number of nitrogens with zero attached hydrogens (tertiary/aromatic N) is 3. The number of halogens is 3. The molecule has 0 spiro atoms. The number of anilines is 1. The minimum Gasteiger partial charge on any atom is -0.274 e. The average Bonchev–Trinajstić information content (AvgIpc) is 2.91. The summed E-state index contributed by atoms with van der Waals surface area (Å²) in [6, 6.07) is 0. The average molecular weight is 316 g/mol. The summed E-state index contributed by atoms with van der Waals surface area (Å²) in [5.41, 5.74) is -1.36. The van der Waals surface area contributed by atoms with E-state index in [0.29, 0.717) is 17.7 Å². The zero-order chi connectivity index (χ0) is 16.5. The summed E-state index contributed by atoms with van der Waals surface area (Å²) in [4.78, 5) is 29.2. The summed E-state index contributed by atoms with van der Waals surface area (Å²) < 4.78 is 37.8. The van der Waals surface area contributed by atoms with Gasteiger partial charge in [0.15, 0.2) is 0 Å². The fraction of sp³-hybridized carbons (Fsp3) is 0.692. The number of aromatic amines is 1. The predicted molar refractivity (Wildman–Crippen MR) is 68.5 cm³/mol. The van der Waals surface area contributed by atoms with E-state index in [9.17, 15) is 22.8 Å². The van der Waals surface area contributed by atoms with E-state index in [-0.39, 0.29) is 0 Å². The van der Waals surface area contributed by atoms with Crippen molar-refractivity contribution >= 4 is 17.8 Å². The number of hydrogen-bond donors (Lipinski definition) is 1. The number of piperidine rings is 1. The van der Waals surface area contributed by atoms with Crippen molar-refractivity contribution in [1.82, 2.24) is 15.2 Å². The SMILES string of the molecule is CC1(C)[C@H]2CC[C@@]1(C)C(=O)N(c1n[nH]c(C(F)(F)F)n1)C2=O. The maximum atomic E-state index is 12.7. The largest absolute Gasteiger partial charge is 0.451 e. The van der Waals surface area contributed by atoms with Crippen LogP contribution in [0.2, 0.25) is 0 Å². The summed E-state index contributed by atoms with van der Waals surface area (Å²) in [6.45, 7) is 5.43. The molecule has 1 saturated heterocycles. The Bertz CT molecular complexity index is 666. The summed E-state index contributed by atoms with van der Waals surface area (Å²) in [7, 11) is 0. The third-order valence-corrected chi connectivity index (χ3v) is 5.36. The number of amides is 2. The molecule has 9 heteroatoms. The molecular weight excluding hydrogens is 301 g/mol. The minimum absolute atomic E-state index is 0.428. The van der Waals surface area contributed by atoms with Crippen molar-refractivity contribution in [2.75, 3.05) is 4.90 Å². The number of nitrogens with one attached hydrogen (secondary N) is 1. The number of H-pyrrole nitrogens is 1. The summed E-state index contributed by atoms with van der Waals surface area (Å²) >= 11 is 0. The lowest BCUT2D eigenvalue weighted by Gasteiger charge is -2.46. The Morgan fingerprint density at radius 2 is 1.91 bits per heavy atom. The van der Waals surface area contributed by atoms with E-state index >= 15 is 0 Å². The first-order valence-electron chi connectivity index (χ1n) is 6.88. The number of aromatic nitrogens is 3. The van der Waals surface area contributed by atoms with Crippen molar-refractivity contribution in [3.8, 4) is 0 Å². The highest BCUT2D eigenvalue weighted by Gasteiger charge is 2.65. The standard InChI is InChI=1S/C13H15F3N4O2/c1-11(2)6-4-5-12(11,3)9(22)20(7(6)21)10-17-8(18-19-10)13(14,15)16/h6H,4-5H2,1-3H3,(H,17,18,19)/t6-,12-/m0/s1. The zero-order valence-corrected chi connectivity index (χ0v) is 12.3. The van der Waals surface area contributed by atoms with Crippen LogP contribution in [-0.4, -0.2) is 27.0 Å². The van der Waals surface area contributed by atoms with E-state index in [1.165, 1.54) is 0 Å². The van der Waals surface area contributed by atoms with Gasteiger partial charge in [0, 0.05) is 5.92 Å². The van der Waals surface area contributed by atoms with Gasteiger partial charge in [-0.2, -0.15) is 18.2 Å². The number of carbonyl (C=O) groups excluding carboxylic acids is 2. The van der Waals surface area contributed by atoms with Crippen molar-refractivity contribution in [1.29, 1.82) is 0 Å². The molecule has 3 rings (SSSR count). The zero-order valence-electron chi connectivity index (χ0n) is 12.3. The van der Waals surface area contributed by atoms with Crippen LogP contribution in [0.5, 0.6) is 0 Å². The maximum absolute atomic E-state index is 12.7. The van der Waals surface area contributed by atoms with Gasteiger partial charge in [-0.25, -0.2) is 4.90 Å². The van der Waals surface area contributed by atoms with Crippen molar-refractivity contribution in [3.63, 3.8) is 0 Å². The molecule has 2 atom stereocenters. The molecule has 2 heterocycles. The Kier molecular flexibility index (Phi) is 2.78. The molecule has 1 aliphatic heterocycles. The molecule has 22 heavy (non-hydrogen) atoms. The van der Waals surface area contributed by atoms with E-state index in [1.54, 1.807) is 12.0 Å². The second kappa shape index (κ2) is 4.08. The molecule has 1 N–H and O–H groups in total. The first kappa shape index (κ1) is 15.0. The van der Waals surface area contributed by atoms with Crippen LogP contribution in [0.25, 0.3) is 0 Å². The molecule has 1 saturated carbocycles. The summed E-state index contributed by atoms with van der Waals surface area (Å²) in [6.07, 6.45) is -3.67. The number of fused-ring (bicyclic) bond motifs is 2. The first-order valence-corrected chi connectivity index (χ1v) is 6.88. The Morgan fingerprint density at radius 1 is 1.27 bits per heavy atom. The summed E-state index contributed by atoms with van der Waals surface area (Å²) in [5.74, 6) is -3.36. The second-order valence-corrected chi connectivity index (χ2v) is 6.61.